The highest BCUT2D eigenvalue weighted by atomic mass is 32.1. The maximum absolute atomic E-state index is 11.6. The second-order valence-electron chi connectivity index (χ2n) is 3.59. The highest BCUT2D eigenvalue weighted by Gasteiger charge is 2.27. The van der Waals surface area contributed by atoms with Crippen molar-refractivity contribution in [3.8, 4) is 10.8 Å². The van der Waals surface area contributed by atoms with E-state index in [1.54, 1.807) is 6.07 Å². The molecule has 7 heteroatoms. The summed E-state index contributed by atoms with van der Waals surface area (Å²) in [5, 5.41) is 0. The Morgan fingerprint density at radius 1 is 1.21 bits per heavy atom. The van der Waals surface area contributed by atoms with E-state index in [0.717, 1.165) is 9.75 Å². The molecule has 100 valence electrons. The van der Waals surface area contributed by atoms with E-state index in [1.165, 1.54) is 25.6 Å². The minimum Gasteiger partial charge on any atom is -0.464 e. The quantitative estimate of drug-likeness (QED) is 0.803. The molecular formula is C12H11NO5S. The summed E-state index contributed by atoms with van der Waals surface area (Å²) < 4.78 is 14.4. The Hall–Kier alpha value is -2.15. The van der Waals surface area contributed by atoms with Crippen molar-refractivity contribution in [2.24, 2.45) is 0 Å². The van der Waals surface area contributed by atoms with Gasteiger partial charge in [0.25, 0.3) is 0 Å². The zero-order valence-corrected chi connectivity index (χ0v) is 11.4. The van der Waals surface area contributed by atoms with Crippen LogP contribution in [0.1, 0.15) is 25.9 Å². The number of oxazole rings is 1. The second-order valence-corrected chi connectivity index (χ2v) is 4.88. The van der Waals surface area contributed by atoms with E-state index in [4.69, 9.17) is 4.42 Å². The van der Waals surface area contributed by atoms with E-state index in [2.05, 4.69) is 14.5 Å². The van der Waals surface area contributed by atoms with Crippen molar-refractivity contribution in [3.63, 3.8) is 0 Å². The van der Waals surface area contributed by atoms with Crippen LogP contribution in [0, 0.1) is 6.92 Å². The van der Waals surface area contributed by atoms with Crippen LogP contribution in [0.4, 0.5) is 0 Å². The molecule has 6 nitrogen and oxygen atoms in total. The van der Waals surface area contributed by atoms with Gasteiger partial charge in [-0.05, 0) is 19.1 Å². The average molecular weight is 281 g/mol. The minimum absolute atomic E-state index is 0.185. The smallest absolute Gasteiger partial charge is 0.376 e. The van der Waals surface area contributed by atoms with Crippen molar-refractivity contribution in [1.82, 2.24) is 4.98 Å². The van der Waals surface area contributed by atoms with Crippen LogP contribution in [-0.2, 0) is 9.47 Å². The Morgan fingerprint density at radius 2 is 1.89 bits per heavy atom. The van der Waals surface area contributed by atoms with E-state index in [0.29, 0.717) is 0 Å². The Morgan fingerprint density at radius 3 is 2.42 bits per heavy atom. The van der Waals surface area contributed by atoms with Gasteiger partial charge in [-0.2, -0.15) is 0 Å². The van der Waals surface area contributed by atoms with E-state index in [1.807, 2.05) is 13.0 Å². The highest BCUT2D eigenvalue weighted by molar-refractivity contribution is 7.15. The monoisotopic (exact) mass is 281 g/mol. The molecule has 0 aliphatic heterocycles. The van der Waals surface area contributed by atoms with Crippen LogP contribution >= 0.6 is 11.3 Å². The van der Waals surface area contributed by atoms with Gasteiger partial charge in [-0.3, -0.25) is 0 Å². The predicted molar refractivity (Wildman–Crippen MR) is 67.2 cm³/mol. The number of hydrogen-bond acceptors (Lipinski definition) is 7. The van der Waals surface area contributed by atoms with Crippen LogP contribution in [0.25, 0.3) is 10.8 Å². The van der Waals surface area contributed by atoms with Crippen LogP contribution in [0.3, 0.4) is 0 Å². The second kappa shape index (κ2) is 5.23. The number of methoxy groups -OCH3 is 2. The summed E-state index contributed by atoms with van der Waals surface area (Å²) in [6.45, 7) is 1.93. The van der Waals surface area contributed by atoms with Crippen LogP contribution in [-0.4, -0.2) is 31.1 Å². The third-order valence-electron chi connectivity index (χ3n) is 2.33. The van der Waals surface area contributed by atoms with E-state index >= 15 is 0 Å². The number of hydrogen-bond donors (Lipinski definition) is 0. The standard InChI is InChI=1S/C12H11NO5S/c1-6-4-5-7(19-6)10-13-8(11(14)16-2)9(18-10)12(15)17-3/h4-5H,1-3H3. The summed E-state index contributed by atoms with van der Waals surface area (Å²) in [5.41, 5.74) is -0.185. The van der Waals surface area contributed by atoms with Gasteiger partial charge >= 0.3 is 11.9 Å². The molecule has 0 aromatic carbocycles. The third-order valence-corrected chi connectivity index (χ3v) is 3.32. The highest BCUT2D eigenvalue weighted by Crippen LogP contribution is 2.29. The van der Waals surface area contributed by atoms with Crippen molar-refractivity contribution >= 4 is 23.3 Å². The molecule has 0 aliphatic carbocycles. The molecule has 0 radical (unpaired) electrons. The van der Waals surface area contributed by atoms with Gasteiger partial charge in [0.1, 0.15) is 0 Å². The van der Waals surface area contributed by atoms with Gasteiger partial charge in [0.15, 0.2) is 0 Å². The molecule has 2 aromatic rings. The Bertz CT molecular complexity index is 594. The molecule has 2 heterocycles. The van der Waals surface area contributed by atoms with Gasteiger partial charge in [-0.25, -0.2) is 14.6 Å². The van der Waals surface area contributed by atoms with Crippen molar-refractivity contribution in [2.75, 3.05) is 14.2 Å². The van der Waals surface area contributed by atoms with E-state index in [9.17, 15) is 9.59 Å². The van der Waals surface area contributed by atoms with Crippen molar-refractivity contribution in [3.05, 3.63) is 28.5 Å². The summed E-state index contributed by atoms with van der Waals surface area (Å²) in [4.78, 5) is 28.9. The summed E-state index contributed by atoms with van der Waals surface area (Å²) in [6, 6.07) is 3.69. The first-order valence-electron chi connectivity index (χ1n) is 5.31. The number of carbonyl (C=O) groups is 2. The van der Waals surface area contributed by atoms with Crippen molar-refractivity contribution in [2.45, 2.75) is 6.92 Å². The first-order chi connectivity index (χ1) is 9.06. The zero-order valence-electron chi connectivity index (χ0n) is 10.6. The average Bonchev–Trinajstić information content (AvgIpc) is 3.02. The molecule has 0 spiro atoms. The fourth-order valence-electron chi connectivity index (χ4n) is 1.44. The van der Waals surface area contributed by atoms with E-state index < -0.39 is 11.9 Å². The number of thiophene rings is 1. The molecule has 2 rings (SSSR count). The molecule has 0 saturated heterocycles. The number of esters is 2. The first-order valence-corrected chi connectivity index (χ1v) is 6.12. The molecule has 0 N–H and O–H groups in total. The predicted octanol–water partition coefficient (Wildman–Crippen LogP) is 2.28. The van der Waals surface area contributed by atoms with Crippen LogP contribution in [0.2, 0.25) is 0 Å². The van der Waals surface area contributed by atoms with Gasteiger partial charge in [-0.15, -0.1) is 11.3 Å². The normalized spacial score (nSPS) is 10.3. The Kier molecular flexibility index (Phi) is 3.66. The maximum Gasteiger partial charge on any atom is 0.376 e. The van der Waals surface area contributed by atoms with Crippen molar-refractivity contribution in [1.29, 1.82) is 0 Å². The number of ether oxygens (including phenoxy) is 2. The Labute approximate surface area is 113 Å². The molecule has 2 aromatic heterocycles. The van der Waals surface area contributed by atoms with Gasteiger partial charge in [0.05, 0.1) is 19.1 Å². The molecule has 0 amide bonds. The van der Waals surface area contributed by atoms with Crippen LogP contribution < -0.4 is 0 Å². The van der Waals surface area contributed by atoms with Gasteiger partial charge in [0, 0.05) is 4.88 Å². The minimum atomic E-state index is -0.771. The molecule has 0 bridgehead atoms. The number of nitrogens with zero attached hydrogens (tertiary/aromatic N) is 1. The fraction of sp³-hybridized carbons (Fsp3) is 0.250. The molecule has 0 aliphatic rings. The molecule has 0 atom stereocenters. The van der Waals surface area contributed by atoms with Gasteiger partial charge in [0.2, 0.25) is 17.3 Å². The first kappa shape index (κ1) is 13.3. The Balaban J connectivity index is 2.51. The largest absolute Gasteiger partial charge is 0.464 e. The molecule has 0 unspecified atom stereocenters. The number of carbonyl (C=O) groups excluding carboxylic acids is 2. The van der Waals surface area contributed by atoms with Gasteiger partial charge < -0.3 is 13.9 Å². The molecule has 0 saturated carbocycles. The number of aromatic nitrogens is 1. The van der Waals surface area contributed by atoms with E-state index in [-0.39, 0.29) is 17.3 Å². The summed E-state index contributed by atoms with van der Waals surface area (Å²) in [6.07, 6.45) is 0. The van der Waals surface area contributed by atoms with Gasteiger partial charge in [-0.1, -0.05) is 0 Å². The van der Waals surface area contributed by atoms with Crippen molar-refractivity contribution < 1.29 is 23.5 Å². The number of rotatable bonds is 3. The molecular weight excluding hydrogens is 270 g/mol. The number of aryl methyl sites for hydroxylation is 1. The molecule has 0 fully saturated rings. The zero-order chi connectivity index (χ0) is 14.0. The van der Waals surface area contributed by atoms with Crippen LogP contribution in [0.15, 0.2) is 16.5 Å². The molecule has 19 heavy (non-hydrogen) atoms. The fourth-order valence-corrected chi connectivity index (χ4v) is 2.23. The lowest BCUT2D eigenvalue weighted by molar-refractivity contribution is 0.0527. The third kappa shape index (κ3) is 2.50. The SMILES string of the molecule is COC(=O)c1nc(-c2ccc(C)s2)oc1C(=O)OC. The van der Waals surface area contributed by atoms with Crippen LogP contribution in [0.5, 0.6) is 0 Å². The lowest BCUT2D eigenvalue weighted by Crippen LogP contribution is -2.10. The summed E-state index contributed by atoms with van der Waals surface area (Å²) in [7, 11) is 2.40. The lowest BCUT2D eigenvalue weighted by atomic mass is 10.3. The summed E-state index contributed by atoms with van der Waals surface area (Å²) in [5.74, 6) is -1.58. The maximum atomic E-state index is 11.6. The summed E-state index contributed by atoms with van der Waals surface area (Å²) >= 11 is 1.44. The lowest BCUT2D eigenvalue weighted by Gasteiger charge is -1.96. The topological polar surface area (TPSA) is 78.6 Å².